The van der Waals surface area contributed by atoms with E-state index in [-0.39, 0.29) is 58.8 Å². The van der Waals surface area contributed by atoms with E-state index in [1.807, 2.05) is 0 Å². The van der Waals surface area contributed by atoms with Gasteiger partial charge < -0.3 is 38.6 Å². The Labute approximate surface area is 385 Å². The summed E-state index contributed by atoms with van der Waals surface area (Å²) >= 11 is 0. The molecule has 354 valence electrons. The Kier molecular flexibility index (Phi) is 10.2. The molecule has 0 radical (unpaired) electrons. The van der Waals surface area contributed by atoms with Crippen LogP contribution in [-0.2, 0) is 42.8 Å². The molecule has 14 heteroatoms. The SMILES string of the molecule is CCC1CC(=O)C2Oc3c(OC)cc(OC(=O)C(O)C(O)C(=O)Oc4cc(OC)c5c6c4C[C@@H]4[C@@H]7C(CC)CC(=O)C(O5)[C@]67CCN4CC4CCC4)c4c3[C@@]23CCN(CC2CCC2)[C@H](C4)[C@H]13. The van der Waals surface area contributed by atoms with Gasteiger partial charge in [0.15, 0.2) is 59.0 Å². The number of hydrogen-bond donors (Lipinski definition) is 2. The first-order valence-corrected chi connectivity index (χ1v) is 25.1. The fraction of sp³-hybridized carbons (Fsp3) is 0.692. The van der Waals surface area contributed by atoms with Gasteiger partial charge in [0.05, 0.1) is 14.2 Å². The molecule has 4 aliphatic heterocycles. The maximum absolute atomic E-state index is 14.1. The molecule has 10 aliphatic rings. The van der Waals surface area contributed by atoms with E-state index >= 15 is 0 Å². The third kappa shape index (κ3) is 5.85. The average Bonchev–Trinajstić information content (AvgIpc) is 3.82. The largest absolute Gasteiger partial charge is 0.493 e. The Morgan fingerprint density at radius 2 is 1.08 bits per heavy atom. The van der Waals surface area contributed by atoms with Gasteiger partial charge in [-0.25, -0.2) is 9.59 Å². The third-order valence-electron chi connectivity index (χ3n) is 19.0. The number of piperidine rings is 2. The van der Waals surface area contributed by atoms with Crippen LogP contribution in [0.5, 0.6) is 34.5 Å². The number of benzene rings is 2. The summed E-state index contributed by atoms with van der Waals surface area (Å²) in [6.45, 7) is 7.96. The molecule has 2 aromatic carbocycles. The van der Waals surface area contributed by atoms with Crippen LogP contribution in [0.1, 0.15) is 113 Å². The van der Waals surface area contributed by atoms with Crippen molar-refractivity contribution < 1.29 is 57.8 Å². The number of hydrogen-bond acceptors (Lipinski definition) is 14. The molecule has 4 heterocycles. The number of carbonyl (C=O) groups is 4. The van der Waals surface area contributed by atoms with E-state index in [1.165, 1.54) is 52.7 Å². The highest BCUT2D eigenvalue weighted by Crippen LogP contribution is 2.68. The molecule has 66 heavy (non-hydrogen) atoms. The van der Waals surface area contributed by atoms with Gasteiger partial charge in [-0.2, -0.15) is 0 Å². The van der Waals surface area contributed by atoms with Gasteiger partial charge in [-0.05, 0) is 100.0 Å². The van der Waals surface area contributed by atoms with Gasteiger partial charge in [0.1, 0.15) is 11.5 Å². The Bertz CT molecular complexity index is 2230. The van der Waals surface area contributed by atoms with Crippen LogP contribution >= 0.6 is 0 Å². The van der Waals surface area contributed by atoms with E-state index in [9.17, 15) is 29.4 Å². The summed E-state index contributed by atoms with van der Waals surface area (Å²) in [6, 6.07) is 3.31. The van der Waals surface area contributed by atoms with Crippen LogP contribution in [0.2, 0.25) is 0 Å². The highest BCUT2D eigenvalue weighted by Gasteiger charge is 2.70. The second-order valence-electron chi connectivity index (χ2n) is 21.7. The minimum atomic E-state index is -2.31. The molecule has 14 nitrogen and oxygen atoms in total. The summed E-state index contributed by atoms with van der Waals surface area (Å²) in [5, 5.41) is 23.0. The van der Waals surface area contributed by atoms with Crippen molar-refractivity contribution in [1.82, 2.24) is 9.80 Å². The second-order valence-corrected chi connectivity index (χ2v) is 21.7. The highest BCUT2D eigenvalue weighted by molar-refractivity contribution is 5.92. The first-order valence-electron chi connectivity index (χ1n) is 25.1. The molecule has 12 rings (SSSR count). The lowest BCUT2D eigenvalue weighted by molar-refractivity contribution is -0.162. The normalized spacial score (nSPS) is 35.6. The predicted molar refractivity (Wildman–Crippen MR) is 237 cm³/mol. The Morgan fingerprint density at radius 1 is 0.667 bits per heavy atom. The second kappa shape index (κ2) is 15.6. The van der Waals surface area contributed by atoms with Crippen LogP contribution < -0.4 is 28.4 Å². The number of nitrogens with zero attached hydrogens (tertiary/aromatic N) is 2. The van der Waals surface area contributed by atoms with E-state index in [1.54, 1.807) is 12.1 Å². The summed E-state index contributed by atoms with van der Waals surface area (Å²) in [5.41, 5.74) is 1.95. The van der Waals surface area contributed by atoms with Gasteiger partial charge in [0.25, 0.3) is 0 Å². The molecule has 2 aromatic rings. The van der Waals surface area contributed by atoms with E-state index in [2.05, 4.69) is 23.6 Å². The van der Waals surface area contributed by atoms with Crippen molar-refractivity contribution in [3.8, 4) is 34.5 Å². The molecule has 4 saturated carbocycles. The lowest BCUT2D eigenvalue weighted by atomic mass is 9.48. The van der Waals surface area contributed by atoms with Crippen molar-refractivity contribution in [2.45, 2.75) is 151 Å². The molecule has 2 spiro atoms. The molecular weight excluding hydrogens is 845 g/mol. The molecule has 0 aromatic heterocycles. The van der Waals surface area contributed by atoms with Crippen LogP contribution in [0.3, 0.4) is 0 Å². The maximum Gasteiger partial charge on any atom is 0.343 e. The van der Waals surface area contributed by atoms with Crippen LogP contribution in [0.25, 0.3) is 0 Å². The molecule has 2 N–H and O–H groups in total. The number of aliphatic hydroxyl groups excluding tert-OH is 2. The van der Waals surface area contributed by atoms with Gasteiger partial charge in [0, 0.05) is 83.2 Å². The smallest absolute Gasteiger partial charge is 0.343 e. The molecule has 6 unspecified atom stereocenters. The van der Waals surface area contributed by atoms with Gasteiger partial charge in [0.2, 0.25) is 0 Å². The van der Waals surface area contributed by atoms with E-state index < -0.39 is 47.2 Å². The predicted octanol–water partition coefficient (Wildman–Crippen LogP) is 5.03. The Hall–Kier alpha value is -4.24. The highest BCUT2D eigenvalue weighted by atomic mass is 16.6. The fourth-order valence-corrected chi connectivity index (χ4v) is 15.7. The molecule has 2 saturated heterocycles. The van der Waals surface area contributed by atoms with Crippen LogP contribution in [0, 0.1) is 35.5 Å². The molecule has 12 atom stereocenters. The fourth-order valence-electron chi connectivity index (χ4n) is 15.7. The number of Topliss-reactive ketones (excluding diaryl/α,β-unsaturated/α-hetero) is 2. The van der Waals surface area contributed by atoms with Crippen molar-refractivity contribution >= 4 is 23.5 Å². The molecule has 0 amide bonds. The summed E-state index contributed by atoms with van der Waals surface area (Å²) in [7, 11) is 3.01. The summed E-state index contributed by atoms with van der Waals surface area (Å²) < 4.78 is 37.1. The van der Waals surface area contributed by atoms with Gasteiger partial charge >= 0.3 is 11.9 Å². The van der Waals surface area contributed by atoms with Crippen LogP contribution in [0.15, 0.2) is 12.1 Å². The van der Waals surface area contributed by atoms with Gasteiger partial charge in [-0.15, -0.1) is 0 Å². The average molecular weight is 909 g/mol. The van der Waals surface area contributed by atoms with Crippen molar-refractivity contribution in [3.05, 3.63) is 34.4 Å². The Morgan fingerprint density at radius 3 is 1.42 bits per heavy atom. The topological polar surface area (TPSA) is 171 Å². The number of methoxy groups -OCH3 is 2. The summed E-state index contributed by atoms with van der Waals surface area (Å²) in [6.07, 6.45) is 6.57. The zero-order valence-corrected chi connectivity index (χ0v) is 38.7. The first kappa shape index (κ1) is 43.1. The molecular formula is C52H64N2O12. The molecule has 6 fully saturated rings. The first-order chi connectivity index (χ1) is 31.9. The number of ketones is 2. The van der Waals surface area contributed by atoms with Crippen LogP contribution in [0.4, 0.5) is 0 Å². The van der Waals surface area contributed by atoms with E-state index in [0.29, 0.717) is 60.5 Å². The maximum atomic E-state index is 14.1. The van der Waals surface area contributed by atoms with Crippen LogP contribution in [-0.4, -0.2) is 120 Å². The number of aliphatic hydroxyl groups is 2. The van der Waals surface area contributed by atoms with Gasteiger partial charge in [-0.3, -0.25) is 19.4 Å². The number of rotatable bonds is 13. The zero-order chi connectivity index (χ0) is 45.6. The van der Waals surface area contributed by atoms with E-state index in [0.717, 1.165) is 74.1 Å². The number of esters is 2. The zero-order valence-electron chi connectivity index (χ0n) is 38.7. The van der Waals surface area contributed by atoms with Crippen molar-refractivity contribution in [2.75, 3.05) is 40.4 Å². The number of carbonyl (C=O) groups excluding carboxylic acids is 4. The summed E-state index contributed by atoms with van der Waals surface area (Å²) in [5.74, 6) is 1.61. The van der Waals surface area contributed by atoms with Crippen molar-refractivity contribution in [1.29, 1.82) is 0 Å². The minimum absolute atomic E-state index is 0.0829. The quantitative estimate of drug-likeness (QED) is 0.203. The van der Waals surface area contributed by atoms with E-state index in [4.69, 9.17) is 28.4 Å². The standard InChI is InChI=1S/C52H64N2O12/c1-5-27-17-33(55)47-51-13-15-53(23-25-9-7-10-25)31(39(27)51)19-29-35(21-37(61-3)45(65-47)41(29)51)63-49(59)43(57)44(58)50(60)64-36-22-38(62-4)46-42-30(36)20-32-40-28(6-2)18-34(56)48(66-46)52(40,42)14-16-54(32)24-26-11-8-12-26/h21-22,25-28,31-32,39-40,43-44,47-48,57-58H,5-20,23-24H2,1-4H3/t27?,28?,31-,32-,39+,40+,43?,44?,47?,48?,51+,52+/m1/s1. The summed E-state index contributed by atoms with van der Waals surface area (Å²) in [4.78, 5) is 61.3. The number of ether oxygens (including phenoxy) is 6. The molecule has 6 aliphatic carbocycles. The lowest BCUT2D eigenvalue weighted by Crippen LogP contribution is -2.68. The van der Waals surface area contributed by atoms with Crippen molar-refractivity contribution in [3.63, 3.8) is 0 Å². The van der Waals surface area contributed by atoms with Crippen molar-refractivity contribution in [2.24, 2.45) is 35.5 Å². The third-order valence-corrected chi connectivity index (χ3v) is 19.0. The monoisotopic (exact) mass is 908 g/mol. The molecule has 4 bridgehead atoms. The van der Waals surface area contributed by atoms with Gasteiger partial charge in [-0.1, -0.05) is 39.5 Å². The number of likely N-dealkylation sites (tertiary alicyclic amines) is 2. The minimum Gasteiger partial charge on any atom is -0.493 e. The lowest BCUT2D eigenvalue weighted by Gasteiger charge is -2.60. The Balaban J connectivity index is 0.851.